The fraction of sp³-hybridized carbons (Fsp3) is 0.200. The van der Waals surface area contributed by atoms with E-state index < -0.39 is 5.97 Å². The summed E-state index contributed by atoms with van der Waals surface area (Å²) in [5.41, 5.74) is 4.90. The van der Waals surface area contributed by atoms with Crippen LogP contribution in [0.5, 0.6) is 0 Å². The van der Waals surface area contributed by atoms with Crippen LogP contribution in [0.25, 0.3) is 0 Å². The molecule has 1 aromatic heterocycles. The summed E-state index contributed by atoms with van der Waals surface area (Å²) in [6, 6.07) is 0. The van der Waals surface area contributed by atoms with E-state index in [0.29, 0.717) is 0 Å². The maximum Gasteiger partial charge on any atom is 0.362 e. The van der Waals surface area contributed by atoms with E-state index in [9.17, 15) is 4.79 Å². The molecule has 0 bridgehead atoms. The van der Waals surface area contributed by atoms with Gasteiger partial charge in [0.25, 0.3) is 0 Å². The Labute approximate surface area is 77.0 Å². The number of carbonyl (C=O) groups is 1. The van der Waals surface area contributed by atoms with Crippen LogP contribution in [0.3, 0.4) is 0 Å². The number of carboxylic acids is 1. The van der Waals surface area contributed by atoms with E-state index in [1.54, 1.807) is 0 Å². The molecular formula is C5H6N4O3S. The lowest BCUT2D eigenvalue weighted by atomic mass is 10.4. The van der Waals surface area contributed by atoms with Gasteiger partial charge in [-0.15, -0.1) is 0 Å². The Morgan fingerprint density at radius 3 is 2.85 bits per heavy atom. The van der Waals surface area contributed by atoms with Crippen LogP contribution in [-0.2, 0) is 9.63 Å². The minimum absolute atomic E-state index is 0.0446. The predicted octanol–water partition coefficient (Wildman–Crippen LogP) is -0.445. The highest BCUT2D eigenvalue weighted by molar-refractivity contribution is 7.09. The third-order valence-electron chi connectivity index (χ3n) is 1.04. The van der Waals surface area contributed by atoms with Crippen molar-refractivity contribution in [2.75, 3.05) is 12.8 Å². The molecule has 7 nitrogen and oxygen atoms in total. The standard InChI is InChI=1S/C5H6N4O3S/c1-12-8-2(4(10)11)3-7-5(6)13-9-3/h1H3,(H,10,11)(H2,6,7,9)/b8-2+. The fourth-order valence-electron chi connectivity index (χ4n) is 0.598. The zero-order valence-electron chi connectivity index (χ0n) is 6.59. The first-order valence-corrected chi connectivity index (χ1v) is 3.86. The number of carboxylic acid groups (broad SMARTS) is 1. The van der Waals surface area contributed by atoms with Crippen molar-refractivity contribution in [3.63, 3.8) is 0 Å². The number of rotatable bonds is 3. The van der Waals surface area contributed by atoms with E-state index in [4.69, 9.17) is 10.8 Å². The van der Waals surface area contributed by atoms with Crippen molar-refractivity contribution in [2.24, 2.45) is 5.16 Å². The van der Waals surface area contributed by atoms with Crippen LogP contribution in [0.2, 0.25) is 0 Å². The van der Waals surface area contributed by atoms with Crippen LogP contribution in [-0.4, -0.2) is 33.3 Å². The molecule has 3 N–H and O–H groups in total. The average molecular weight is 202 g/mol. The Kier molecular flexibility index (Phi) is 2.75. The van der Waals surface area contributed by atoms with Gasteiger partial charge in [-0.1, -0.05) is 5.16 Å². The van der Waals surface area contributed by atoms with Crippen molar-refractivity contribution in [2.45, 2.75) is 0 Å². The number of aliphatic carboxylic acids is 1. The van der Waals surface area contributed by atoms with Gasteiger partial charge in [0, 0.05) is 11.5 Å². The molecule has 0 unspecified atom stereocenters. The van der Waals surface area contributed by atoms with Crippen LogP contribution in [0.4, 0.5) is 5.13 Å². The summed E-state index contributed by atoms with van der Waals surface area (Å²) in [5.74, 6) is -1.31. The van der Waals surface area contributed by atoms with Crippen molar-refractivity contribution in [1.82, 2.24) is 9.36 Å². The summed E-state index contributed by atoms with van der Waals surface area (Å²) >= 11 is 0.893. The molecule has 0 spiro atoms. The van der Waals surface area contributed by atoms with E-state index in [1.807, 2.05) is 0 Å². The maximum absolute atomic E-state index is 10.6. The van der Waals surface area contributed by atoms with Crippen molar-refractivity contribution in [1.29, 1.82) is 0 Å². The average Bonchev–Trinajstić information content (AvgIpc) is 2.46. The summed E-state index contributed by atoms with van der Waals surface area (Å²) in [5, 5.41) is 12.1. The number of aromatic nitrogens is 2. The Bertz CT molecular complexity index is 347. The van der Waals surface area contributed by atoms with Gasteiger partial charge in [0.2, 0.25) is 11.5 Å². The Morgan fingerprint density at radius 1 is 1.77 bits per heavy atom. The third-order valence-corrected chi connectivity index (χ3v) is 1.58. The monoisotopic (exact) mass is 202 g/mol. The van der Waals surface area contributed by atoms with Crippen molar-refractivity contribution >= 4 is 28.3 Å². The second-order valence-corrected chi connectivity index (χ2v) is 2.67. The quantitative estimate of drug-likeness (QED) is 0.507. The van der Waals surface area contributed by atoms with E-state index in [-0.39, 0.29) is 16.7 Å². The number of nitrogens with two attached hydrogens (primary N) is 1. The van der Waals surface area contributed by atoms with Gasteiger partial charge in [0.1, 0.15) is 7.11 Å². The zero-order valence-corrected chi connectivity index (χ0v) is 7.41. The molecular weight excluding hydrogens is 196 g/mol. The van der Waals surface area contributed by atoms with Crippen LogP contribution in [0.1, 0.15) is 5.82 Å². The van der Waals surface area contributed by atoms with E-state index in [2.05, 4.69) is 19.4 Å². The summed E-state index contributed by atoms with van der Waals surface area (Å²) in [6.07, 6.45) is 0. The van der Waals surface area contributed by atoms with Gasteiger partial charge in [0.05, 0.1) is 0 Å². The predicted molar refractivity (Wildman–Crippen MR) is 45.5 cm³/mol. The summed E-state index contributed by atoms with van der Waals surface area (Å²) in [7, 11) is 1.23. The van der Waals surface area contributed by atoms with Gasteiger partial charge in [-0.25, -0.2) is 4.79 Å². The lowest BCUT2D eigenvalue weighted by Gasteiger charge is -1.92. The number of hydrogen-bond donors (Lipinski definition) is 2. The van der Waals surface area contributed by atoms with Gasteiger partial charge in [-0.3, -0.25) is 0 Å². The molecule has 13 heavy (non-hydrogen) atoms. The topological polar surface area (TPSA) is 111 Å². The van der Waals surface area contributed by atoms with Crippen LogP contribution in [0, 0.1) is 0 Å². The van der Waals surface area contributed by atoms with E-state index >= 15 is 0 Å². The molecule has 1 rings (SSSR count). The number of oxime groups is 1. The second kappa shape index (κ2) is 3.81. The zero-order chi connectivity index (χ0) is 9.84. The summed E-state index contributed by atoms with van der Waals surface area (Å²) < 4.78 is 3.67. The van der Waals surface area contributed by atoms with E-state index in [0.717, 1.165) is 11.5 Å². The van der Waals surface area contributed by atoms with Crippen molar-refractivity contribution < 1.29 is 14.7 Å². The molecule has 0 saturated carbocycles. The highest BCUT2D eigenvalue weighted by Crippen LogP contribution is 2.06. The van der Waals surface area contributed by atoms with Crippen molar-refractivity contribution in [3.8, 4) is 0 Å². The third kappa shape index (κ3) is 2.12. The van der Waals surface area contributed by atoms with Gasteiger partial charge in [-0.05, 0) is 0 Å². The smallest absolute Gasteiger partial charge is 0.362 e. The molecule has 70 valence electrons. The number of nitrogens with zero attached hydrogens (tertiary/aromatic N) is 3. The van der Waals surface area contributed by atoms with Crippen molar-refractivity contribution in [3.05, 3.63) is 5.82 Å². The number of hydrogen-bond acceptors (Lipinski definition) is 7. The molecule has 0 aromatic carbocycles. The molecule has 1 heterocycles. The maximum atomic E-state index is 10.6. The van der Waals surface area contributed by atoms with Gasteiger partial charge >= 0.3 is 5.97 Å². The van der Waals surface area contributed by atoms with Crippen LogP contribution >= 0.6 is 11.5 Å². The molecule has 0 aliphatic rings. The number of nitrogen functional groups attached to an aromatic ring is 1. The Balaban J connectivity index is 3.02. The SMILES string of the molecule is CO/N=C(/C(=O)O)c1nsc(N)n1. The first kappa shape index (κ1) is 9.39. The summed E-state index contributed by atoms with van der Waals surface area (Å²) in [4.78, 5) is 18.5. The highest BCUT2D eigenvalue weighted by Gasteiger charge is 2.18. The molecule has 8 heteroatoms. The molecule has 0 atom stereocenters. The Morgan fingerprint density at radius 2 is 2.46 bits per heavy atom. The minimum atomic E-state index is -1.26. The van der Waals surface area contributed by atoms with Crippen LogP contribution in [0.15, 0.2) is 5.16 Å². The lowest BCUT2D eigenvalue weighted by molar-refractivity contribution is -0.129. The van der Waals surface area contributed by atoms with Gasteiger partial charge in [0.15, 0.2) is 5.13 Å². The first-order chi connectivity index (χ1) is 6.15. The lowest BCUT2D eigenvalue weighted by Crippen LogP contribution is -2.16. The van der Waals surface area contributed by atoms with Gasteiger partial charge < -0.3 is 15.7 Å². The number of anilines is 1. The minimum Gasteiger partial charge on any atom is -0.476 e. The normalized spacial score (nSPS) is 11.3. The molecule has 0 aliphatic heterocycles. The summed E-state index contributed by atoms with van der Waals surface area (Å²) in [6.45, 7) is 0. The fourth-order valence-corrected chi connectivity index (χ4v) is 1.03. The molecule has 1 aromatic rings. The molecule has 0 radical (unpaired) electrons. The van der Waals surface area contributed by atoms with Gasteiger partial charge in [-0.2, -0.15) is 9.36 Å². The Hall–Kier alpha value is -1.70. The second-order valence-electron chi connectivity index (χ2n) is 1.88. The largest absolute Gasteiger partial charge is 0.476 e. The molecule has 0 saturated heterocycles. The van der Waals surface area contributed by atoms with Crippen LogP contribution < -0.4 is 5.73 Å². The first-order valence-electron chi connectivity index (χ1n) is 3.09. The highest BCUT2D eigenvalue weighted by atomic mass is 32.1. The molecule has 0 aliphatic carbocycles. The molecule has 0 fully saturated rings. The molecule has 0 amide bonds. The van der Waals surface area contributed by atoms with E-state index in [1.165, 1.54) is 7.11 Å².